The van der Waals surface area contributed by atoms with Gasteiger partial charge in [-0.25, -0.2) is 0 Å². The summed E-state index contributed by atoms with van der Waals surface area (Å²) in [5, 5.41) is 6.96. The highest BCUT2D eigenvalue weighted by Gasteiger charge is 2.16. The minimum atomic E-state index is 0.260. The summed E-state index contributed by atoms with van der Waals surface area (Å²) in [5.74, 6) is 0.680. The third kappa shape index (κ3) is 3.26. The summed E-state index contributed by atoms with van der Waals surface area (Å²) in [6, 6.07) is 0. The van der Waals surface area contributed by atoms with E-state index in [0.29, 0.717) is 12.4 Å². The largest absolute Gasteiger partial charge is 0.374 e. The van der Waals surface area contributed by atoms with Gasteiger partial charge in [0.25, 0.3) is 0 Å². The van der Waals surface area contributed by atoms with Crippen molar-refractivity contribution in [2.75, 3.05) is 33.3 Å². The summed E-state index contributed by atoms with van der Waals surface area (Å²) in [4.78, 5) is 6.19. The average Bonchev–Trinajstić information content (AvgIpc) is 2.71. The van der Waals surface area contributed by atoms with Crippen molar-refractivity contribution < 1.29 is 9.26 Å². The van der Waals surface area contributed by atoms with Crippen LogP contribution in [0.25, 0.3) is 0 Å². The number of nitrogens with one attached hydrogen (secondary N) is 1. The first-order valence-corrected chi connectivity index (χ1v) is 5.10. The van der Waals surface area contributed by atoms with Crippen LogP contribution in [0.2, 0.25) is 0 Å². The lowest BCUT2D eigenvalue weighted by atomic mass is 10.3. The molecule has 0 amide bonds. The van der Waals surface area contributed by atoms with Crippen LogP contribution in [0.1, 0.15) is 5.82 Å². The third-order valence-corrected chi connectivity index (χ3v) is 2.40. The van der Waals surface area contributed by atoms with E-state index in [9.17, 15) is 0 Å². The fourth-order valence-electron chi connectivity index (χ4n) is 1.61. The molecule has 1 aromatic heterocycles. The van der Waals surface area contributed by atoms with Gasteiger partial charge in [-0.15, -0.1) is 0 Å². The highest BCUT2D eigenvalue weighted by molar-refractivity contribution is 4.78. The van der Waals surface area contributed by atoms with Crippen LogP contribution in [-0.4, -0.2) is 54.4 Å². The SMILES string of the molecule is CN1CCOC(CNCc2ncon2)C1. The zero-order valence-corrected chi connectivity index (χ0v) is 8.85. The first kappa shape index (κ1) is 10.5. The number of ether oxygens (including phenoxy) is 1. The van der Waals surface area contributed by atoms with E-state index in [1.807, 2.05) is 0 Å². The minimum Gasteiger partial charge on any atom is -0.374 e. The fourth-order valence-corrected chi connectivity index (χ4v) is 1.61. The van der Waals surface area contributed by atoms with Crippen molar-refractivity contribution in [2.45, 2.75) is 12.6 Å². The highest BCUT2D eigenvalue weighted by atomic mass is 16.5. The highest BCUT2D eigenvalue weighted by Crippen LogP contribution is 2.01. The lowest BCUT2D eigenvalue weighted by Gasteiger charge is -2.30. The van der Waals surface area contributed by atoms with E-state index in [-0.39, 0.29) is 6.10 Å². The van der Waals surface area contributed by atoms with Crippen molar-refractivity contribution in [3.8, 4) is 0 Å². The Hall–Kier alpha value is -0.980. The standard InChI is InChI=1S/C9H16N4O2/c1-13-2-3-14-8(6-13)4-10-5-9-11-7-15-12-9/h7-8,10H,2-6H2,1H3. The number of nitrogens with zero attached hydrogens (tertiary/aromatic N) is 3. The number of likely N-dealkylation sites (N-methyl/N-ethyl adjacent to an activating group) is 1. The van der Waals surface area contributed by atoms with Crippen LogP contribution in [0, 0.1) is 0 Å². The molecule has 1 saturated heterocycles. The molecule has 6 nitrogen and oxygen atoms in total. The van der Waals surface area contributed by atoms with Gasteiger partial charge in [0.15, 0.2) is 5.82 Å². The monoisotopic (exact) mass is 212 g/mol. The molecule has 1 atom stereocenters. The zero-order valence-electron chi connectivity index (χ0n) is 8.85. The maximum Gasteiger partial charge on any atom is 0.213 e. The van der Waals surface area contributed by atoms with Gasteiger partial charge in [-0.05, 0) is 7.05 Å². The molecular formula is C9H16N4O2. The Kier molecular flexibility index (Phi) is 3.65. The van der Waals surface area contributed by atoms with Crippen LogP contribution in [0.15, 0.2) is 10.9 Å². The summed E-state index contributed by atoms with van der Waals surface area (Å²) in [7, 11) is 2.11. The van der Waals surface area contributed by atoms with Gasteiger partial charge in [0.05, 0.1) is 19.3 Å². The van der Waals surface area contributed by atoms with E-state index < -0.39 is 0 Å². The maximum absolute atomic E-state index is 5.60. The summed E-state index contributed by atoms with van der Waals surface area (Å²) < 4.78 is 10.2. The maximum atomic E-state index is 5.60. The smallest absolute Gasteiger partial charge is 0.213 e. The molecule has 2 rings (SSSR count). The molecule has 0 radical (unpaired) electrons. The Bertz CT molecular complexity index is 278. The Labute approximate surface area is 88.6 Å². The molecule has 0 saturated carbocycles. The van der Waals surface area contributed by atoms with Crippen LogP contribution < -0.4 is 5.32 Å². The zero-order chi connectivity index (χ0) is 10.5. The molecule has 0 aliphatic carbocycles. The first-order chi connectivity index (χ1) is 7.34. The van der Waals surface area contributed by atoms with Crippen molar-refractivity contribution in [3.05, 3.63) is 12.2 Å². The Morgan fingerprint density at radius 1 is 1.67 bits per heavy atom. The van der Waals surface area contributed by atoms with E-state index in [2.05, 4.69) is 31.9 Å². The Morgan fingerprint density at radius 3 is 3.33 bits per heavy atom. The quantitative estimate of drug-likeness (QED) is 0.725. The van der Waals surface area contributed by atoms with Crippen molar-refractivity contribution in [1.82, 2.24) is 20.4 Å². The molecule has 0 bridgehead atoms. The summed E-state index contributed by atoms with van der Waals surface area (Å²) in [6.07, 6.45) is 1.60. The number of hydrogen-bond donors (Lipinski definition) is 1. The molecular weight excluding hydrogens is 196 g/mol. The van der Waals surface area contributed by atoms with E-state index >= 15 is 0 Å². The fraction of sp³-hybridized carbons (Fsp3) is 0.778. The molecule has 84 valence electrons. The van der Waals surface area contributed by atoms with Crippen LogP contribution >= 0.6 is 0 Å². The number of aromatic nitrogens is 2. The van der Waals surface area contributed by atoms with Crippen LogP contribution in [-0.2, 0) is 11.3 Å². The van der Waals surface area contributed by atoms with Gasteiger partial charge in [-0.2, -0.15) is 4.98 Å². The molecule has 15 heavy (non-hydrogen) atoms. The van der Waals surface area contributed by atoms with Gasteiger partial charge in [-0.3, -0.25) is 0 Å². The van der Waals surface area contributed by atoms with E-state index in [0.717, 1.165) is 26.2 Å². The van der Waals surface area contributed by atoms with Crippen molar-refractivity contribution in [1.29, 1.82) is 0 Å². The van der Waals surface area contributed by atoms with Gasteiger partial charge < -0.3 is 19.5 Å². The van der Waals surface area contributed by atoms with Gasteiger partial charge >= 0.3 is 0 Å². The van der Waals surface area contributed by atoms with E-state index in [1.54, 1.807) is 0 Å². The minimum absolute atomic E-state index is 0.260. The van der Waals surface area contributed by atoms with Gasteiger partial charge in [0.1, 0.15) is 0 Å². The first-order valence-electron chi connectivity index (χ1n) is 5.10. The molecule has 0 aromatic carbocycles. The van der Waals surface area contributed by atoms with Crippen LogP contribution in [0.4, 0.5) is 0 Å². The van der Waals surface area contributed by atoms with Crippen LogP contribution in [0.5, 0.6) is 0 Å². The molecule has 1 fully saturated rings. The number of rotatable bonds is 4. The third-order valence-electron chi connectivity index (χ3n) is 2.40. The number of morpholine rings is 1. The summed E-state index contributed by atoms with van der Waals surface area (Å²) in [6.45, 7) is 4.24. The molecule has 6 heteroatoms. The second-order valence-electron chi connectivity index (χ2n) is 3.73. The van der Waals surface area contributed by atoms with Crippen molar-refractivity contribution in [3.63, 3.8) is 0 Å². The molecule has 1 aromatic rings. The molecule has 1 N–H and O–H groups in total. The van der Waals surface area contributed by atoms with Gasteiger partial charge in [0.2, 0.25) is 6.39 Å². The molecule has 1 unspecified atom stereocenters. The topological polar surface area (TPSA) is 63.4 Å². The van der Waals surface area contributed by atoms with E-state index in [4.69, 9.17) is 4.74 Å². The second-order valence-corrected chi connectivity index (χ2v) is 3.73. The Morgan fingerprint density at radius 2 is 2.60 bits per heavy atom. The molecule has 0 spiro atoms. The average molecular weight is 212 g/mol. The Balaban J connectivity index is 1.65. The number of hydrogen-bond acceptors (Lipinski definition) is 6. The van der Waals surface area contributed by atoms with Crippen molar-refractivity contribution >= 4 is 0 Å². The van der Waals surface area contributed by atoms with E-state index in [1.165, 1.54) is 6.39 Å². The van der Waals surface area contributed by atoms with Crippen LogP contribution in [0.3, 0.4) is 0 Å². The lowest BCUT2D eigenvalue weighted by molar-refractivity contribution is -0.0182. The predicted octanol–water partition coefficient (Wildman–Crippen LogP) is -0.510. The summed E-state index contributed by atoms with van der Waals surface area (Å²) in [5.41, 5.74) is 0. The second kappa shape index (κ2) is 5.20. The molecule has 1 aliphatic rings. The lowest BCUT2D eigenvalue weighted by Crippen LogP contribution is -2.44. The molecule has 1 aliphatic heterocycles. The normalized spacial score (nSPS) is 23.1. The molecule has 2 heterocycles. The van der Waals surface area contributed by atoms with Gasteiger partial charge in [-0.1, -0.05) is 5.16 Å². The summed E-state index contributed by atoms with van der Waals surface area (Å²) >= 11 is 0. The van der Waals surface area contributed by atoms with Crippen molar-refractivity contribution in [2.24, 2.45) is 0 Å². The predicted molar refractivity (Wildman–Crippen MR) is 53.2 cm³/mol. The van der Waals surface area contributed by atoms with Gasteiger partial charge in [0, 0.05) is 19.6 Å².